The molecule has 20 heavy (non-hydrogen) atoms. The molecule has 0 saturated carbocycles. The van der Waals surface area contributed by atoms with Crippen LogP contribution in [0.25, 0.3) is 0 Å². The van der Waals surface area contributed by atoms with Crippen LogP contribution >= 0.6 is 11.3 Å². The van der Waals surface area contributed by atoms with Gasteiger partial charge in [0.1, 0.15) is 6.04 Å². The second-order valence-electron chi connectivity index (χ2n) is 4.75. The molecule has 1 heterocycles. The molecular formula is C15H19N3OS. The molecule has 0 spiro atoms. The number of aromatic nitrogens is 1. The molecule has 5 heteroatoms. The average molecular weight is 289 g/mol. The van der Waals surface area contributed by atoms with E-state index in [1.54, 1.807) is 0 Å². The van der Waals surface area contributed by atoms with E-state index in [0.29, 0.717) is 5.13 Å². The highest BCUT2D eigenvalue weighted by Gasteiger charge is 2.17. The van der Waals surface area contributed by atoms with Crippen molar-refractivity contribution < 1.29 is 4.79 Å². The fourth-order valence-electron chi connectivity index (χ4n) is 1.92. The first-order valence-electron chi connectivity index (χ1n) is 6.60. The zero-order chi connectivity index (χ0) is 14.7. The van der Waals surface area contributed by atoms with E-state index in [0.717, 1.165) is 28.1 Å². The van der Waals surface area contributed by atoms with E-state index < -0.39 is 6.04 Å². The number of rotatable bonds is 4. The number of hydrogen-bond acceptors (Lipinski definition) is 4. The molecule has 0 aliphatic carbocycles. The summed E-state index contributed by atoms with van der Waals surface area (Å²) in [5.41, 5.74) is 8.95. The Hall–Kier alpha value is -1.72. The van der Waals surface area contributed by atoms with Crippen LogP contribution < -0.4 is 11.1 Å². The normalized spacial score (nSPS) is 12.2. The molecule has 4 nitrogen and oxygen atoms in total. The Balaban J connectivity index is 2.08. The molecule has 2 aromatic rings. The van der Waals surface area contributed by atoms with Gasteiger partial charge in [0.2, 0.25) is 5.91 Å². The lowest BCUT2D eigenvalue weighted by Gasteiger charge is -2.11. The van der Waals surface area contributed by atoms with Gasteiger partial charge in [0.15, 0.2) is 5.13 Å². The van der Waals surface area contributed by atoms with Gasteiger partial charge >= 0.3 is 0 Å². The molecule has 2 rings (SSSR count). The number of nitrogens with one attached hydrogen (secondary N) is 1. The number of carbonyl (C=O) groups is 1. The standard InChI is InChI=1S/C15H19N3OS/c1-4-12-10(3)20-15(17-12)18-14(19)13(16)11-7-5-9(2)6-8-11/h5-8,13H,4,16H2,1-3H3,(H,17,18,19). The minimum atomic E-state index is -0.676. The number of anilines is 1. The van der Waals surface area contributed by atoms with Crippen LogP contribution in [0.3, 0.4) is 0 Å². The van der Waals surface area contributed by atoms with Gasteiger partial charge < -0.3 is 11.1 Å². The third-order valence-electron chi connectivity index (χ3n) is 3.18. The Kier molecular flexibility index (Phi) is 4.52. The Morgan fingerprint density at radius 3 is 2.55 bits per heavy atom. The van der Waals surface area contributed by atoms with Crippen molar-refractivity contribution in [3.63, 3.8) is 0 Å². The number of nitrogens with zero attached hydrogens (tertiary/aromatic N) is 1. The molecule has 0 aliphatic rings. The highest BCUT2D eigenvalue weighted by molar-refractivity contribution is 7.15. The van der Waals surface area contributed by atoms with Gasteiger partial charge in [-0.15, -0.1) is 11.3 Å². The van der Waals surface area contributed by atoms with Crippen molar-refractivity contribution in [1.82, 2.24) is 4.98 Å². The molecule has 1 atom stereocenters. The van der Waals surface area contributed by atoms with E-state index in [2.05, 4.69) is 10.3 Å². The summed E-state index contributed by atoms with van der Waals surface area (Å²) in [5, 5.41) is 3.41. The maximum Gasteiger partial charge on any atom is 0.247 e. The van der Waals surface area contributed by atoms with Crippen LogP contribution in [0.4, 0.5) is 5.13 Å². The lowest BCUT2D eigenvalue weighted by atomic mass is 10.1. The summed E-state index contributed by atoms with van der Waals surface area (Å²) in [5.74, 6) is -0.231. The molecule has 0 radical (unpaired) electrons. The van der Waals surface area contributed by atoms with Gasteiger partial charge in [-0.1, -0.05) is 36.8 Å². The van der Waals surface area contributed by atoms with E-state index in [-0.39, 0.29) is 5.91 Å². The maximum absolute atomic E-state index is 12.1. The summed E-state index contributed by atoms with van der Waals surface area (Å²) in [6.07, 6.45) is 0.863. The Morgan fingerprint density at radius 2 is 2.00 bits per heavy atom. The average Bonchev–Trinajstić information content (AvgIpc) is 2.78. The number of benzene rings is 1. The van der Waals surface area contributed by atoms with Crippen molar-refractivity contribution >= 4 is 22.4 Å². The highest BCUT2D eigenvalue weighted by atomic mass is 32.1. The number of nitrogens with two attached hydrogens (primary N) is 1. The molecule has 106 valence electrons. The smallest absolute Gasteiger partial charge is 0.247 e. The van der Waals surface area contributed by atoms with Gasteiger partial charge in [0.05, 0.1) is 5.69 Å². The molecule has 0 aliphatic heterocycles. The van der Waals surface area contributed by atoms with Crippen molar-refractivity contribution in [2.45, 2.75) is 33.2 Å². The van der Waals surface area contributed by atoms with Crippen LogP contribution in [-0.4, -0.2) is 10.9 Å². The molecule has 1 amide bonds. The predicted molar refractivity (Wildman–Crippen MR) is 83.0 cm³/mol. The topological polar surface area (TPSA) is 68.0 Å². The highest BCUT2D eigenvalue weighted by Crippen LogP contribution is 2.23. The summed E-state index contributed by atoms with van der Waals surface area (Å²) < 4.78 is 0. The third-order valence-corrected chi connectivity index (χ3v) is 4.11. The number of carbonyl (C=O) groups excluding carboxylic acids is 1. The van der Waals surface area contributed by atoms with Crippen LogP contribution in [0.2, 0.25) is 0 Å². The molecule has 0 fully saturated rings. The molecule has 3 N–H and O–H groups in total. The van der Waals surface area contributed by atoms with E-state index in [9.17, 15) is 4.79 Å². The zero-order valence-electron chi connectivity index (χ0n) is 11.9. The predicted octanol–water partition coefficient (Wildman–Crippen LogP) is 2.96. The number of hydrogen-bond donors (Lipinski definition) is 2. The maximum atomic E-state index is 12.1. The van der Waals surface area contributed by atoms with Crippen molar-refractivity contribution in [2.75, 3.05) is 5.32 Å². The minimum Gasteiger partial charge on any atom is -0.316 e. The second kappa shape index (κ2) is 6.15. The second-order valence-corrected chi connectivity index (χ2v) is 5.96. The van der Waals surface area contributed by atoms with Gasteiger partial charge in [-0.3, -0.25) is 4.79 Å². The SMILES string of the molecule is CCc1nc(NC(=O)C(N)c2ccc(C)cc2)sc1C. The first-order valence-corrected chi connectivity index (χ1v) is 7.42. The van der Waals surface area contributed by atoms with Crippen LogP contribution in [-0.2, 0) is 11.2 Å². The number of thiazole rings is 1. The first kappa shape index (κ1) is 14.7. The van der Waals surface area contributed by atoms with Gasteiger partial charge in [-0.2, -0.15) is 0 Å². The van der Waals surface area contributed by atoms with Crippen LogP contribution in [0.15, 0.2) is 24.3 Å². The molecule has 1 aromatic heterocycles. The number of amides is 1. The largest absolute Gasteiger partial charge is 0.316 e. The minimum absolute atomic E-state index is 0.231. The summed E-state index contributed by atoms with van der Waals surface area (Å²) in [6.45, 7) is 6.05. The summed E-state index contributed by atoms with van der Waals surface area (Å²) in [6, 6.07) is 6.98. The summed E-state index contributed by atoms with van der Waals surface area (Å²) in [7, 11) is 0. The number of aryl methyl sites for hydroxylation is 3. The third kappa shape index (κ3) is 3.23. The van der Waals surface area contributed by atoms with Crippen molar-refractivity contribution in [3.05, 3.63) is 46.0 Å². The first-order chi connectivity index (χ1) is 9.51. The molecule has 1 unspecified atom stereocenters. The van der Waals surface area contributed by atoms with Gasteiger partial charge in [-0.05, 0) is 25.8 Å². The fraction of sp³-hybridized carbons (Fsp3) is 0.333. The quantitative estimate of drug-likeness (QED) is 0.909. The van der Waals surface area contributed by atoms with Crippen LogP contribution in [0, 0.1) is 13.8 Å². The van der Waals surface area contributed by atoms with Crippen molar-refractivity contribution in [3.8, 4) is 0 Å². The fourth-order valence-corrected chi connectivity index (χ4v) is 2.82. The Labute approximate surface area is 123 Å². The Morgan fingerprint density at radius 1 is 1.35 bits per heavy atom. The summed E-state index contributed by atoms with van der Waals surface area (Å²) >= 11 is 1.48. The Bertz CT molecular complexity index is 604. The zero-order valence-corrected chi connectivity index (χ0v) is 12.8. The van der Waals surface area contributed by atoms with Crippen LogP contribution in [0.1, 0.15) is 34.7 Å². The van der Waals surface area contributed by atoms with Crippen LogP contribution in [0.5, 0.6) is 0 Å². The summed E-state index contributed by atoms with van der Waals surface area (Å²) in [4.78, 5) is 17.7. The van der Waals surface area contributed by atoms with Crippen molar-refractivity contribution in [2.24, 2.45) is 5.73 Å². The lowest BCUT2D eigenvalue weighted by Crippen LogP contribution is -2.27. The molecular weight excluding hydrogens is 270 g/mol. The van der Waals surface area contributed by atoms with E-state index in [1.165, 1.54) is 11.3 Å². The van der Waals surface area contributed by atoms with Gasteiger partial charge in [0.25, 0.3) is 0 Å². The lowest BCUT2D eigenvalue weighted by molar-refractivity contribution is -0.117. The monoisotopic (exact) mass is 289 g/mol. The van der Waals surface area contributed by atoms with E-state index >= 15 is 0 Å². The van der Waals surface area contributed by atoms with Gasteiger partial charge in [0, 0.05) is 4.88 Å². The van der Waals surface area contributed by atoms with E-state index in [1.807, 2.05) is 45.0 Å². The van der Waals surface area contributed by atoms with E-state index in [4.69, 9.17) is 5.73 Å². The molecule has 1 aromatic carbocycles. The molecule has 0 saturated heterocycles. The van der Waals surface area contributed by atoms with Crippen molar-refractivity contribution in [1.29, 1.82) is 0 Å². The van der Waals surface area contributed by atoms with Gasteiger partial charge in [-0.25, -0.2) is 4.98 Å². The molecule has 0 bridgehead atoms.